The highest BCUT2D eigenvalue weighted by atomic mass is 35.5. The molecule has 26 heavy (non-hydrogen) atoms. The van der Waals surface area contributed by atoms with E-state index in [-0.39, 0.29) is 24.1 Å². The van der Waals surface area contributed by atoms with E-state index in [1.165, 1.54) is 56.9 Å². The second kappa shape index (κ2) is 11.2. The molecule has 0 aliphatic heterocycles. The van der Waals surface area contributed by atoms with E-state index in [1.54, 1.807) is 0 Å². The molecule has 0 saturated heterocycles. The van der Waals surface area contributed by atoms with Gasteiger partial charge in [0.15, 0.2) is 0 Å². The van der Waals surface area contributed by atoms with Gasteiger partial charge in [-0.1, -0.05) is 64.0 Å². The van der Waals surface area contributed by atoms with Gasteiger partial charge in [0.1, 0.15) is 11.3 Å². The van der Waals surface area contributed by atoms with Gasteiger partial charge in [0, 0.05) is 5.69 Å². The number of hydrogen-bond donors (Lipinski definition) is 3. The summed E-state index contributed by atoms with van der Waals surface area (Å²) in [5.74, 6) is -0.160. The monoisotopic (exact) mass is 379 g/mol. The summed E-state index contributed by atoms with van der Waals surface area (Å²) >= 11 is 0. The molecule has 5 heteroatoms. The third-order valence-electron chi connectivity index (χ3n) is 5.23. The molecule has 1 aromatic carbocycles. The molecule has 1 amide bonds. The smallest absolute Gasteiger partial charge is 0.238 e. The largest absolute Gasteiger partial charge is 0.387 e. The van der Waals surface area contributed by atoms with E-state index in [1.807, 2.05) is 12.1 Å². The predicted octanol–water partition coefficient (Wildman–Crippen LogP) is 5.45. The number of halogens is 1. The maximum Gasteiger partial charge on any atom is 0.238 e. The van der Waals surface area contributed by atoms with Gasteiger partial charge in [0.2, 0.25) is 5.91 Å². The molecule has 4 nitrogen and oxygen atoms in total. The van der Waals surface area contributed by atoms with Crippen molar-refractivity contribution in [1.29, 1.82) is 5.41 Å². The van der Waals surface area contributed by atoms with Crippen molar-refractivity contribution in [2.45, 2.75) is 77.6 Å². The Kier molecular flexibility index (Phi) is 9.71. The van der Waals surface area contributed by atoms with Crippen LogP contribution in [0.15, 0.2) is 24.3 Å². The summed E-state index contributed by atoms with van der Waals surface area (Å²) in [4.78, 5) is 12.2. The maximum absolute atomic E-state index is 12.2. The average Bonchev–Trinajstić information content (AvgIpc) is 3.41. The van der Waals surface area contributed by atoms with E-state index in [0.29, 0.717) is 12.8 Å². The number of carbonyl (C=O) groups is 1. The minimum absolute atomic E-state index is 0. The van der Waals surface area contributed by atoms with Gasteiger partial charge in [-0.15, -0.1) is 12.4 Å². The minimum atomic E-state index is -0.740. The molecule has 2 rings (SSSR count). The Morgan fingerprint density at radius 3 is 2.08 bits per heavy atom. The Morgan fingerprint density at radius 2 is 1.58 bits per heavy atom. The van der Waals surface area contributed by atoms with Crippen molar-refractivity contribution < 1.29 is 4.79 Å². The Hall–Kier alpha value is -1.55. The normalized spacial score (nSPS) is 14.3. The van der Waals surface area contributed by atoms with Crippen molar-refractivity contribution in [3.05, 3.63) is 29.8 Å². The molecule has 0 bridgehead atoms. The van der Waals surface area contributed by atoms with Crippen molar-refractivity contribution in [2.24, 2.45) is 11.1 Å². The van der Waals surface area contributed by atoms with Crippen LogP contribution in [0.2, 0.25) is 0 Å². The SMILES string of the molecule is CCCCCCCCCCc1ccc(NC(=O)C2(C(=N)N)CC2)cc1.Cl. The summed E-state index contributed by atoms with van der Waals surface area (Å²) < 4.78 is 0. The summed E-state index contributed by atoms with van der Waals surface area (Å²) in [6.07, 6.45) is 13.1. The number of benzene rings is 1. The van der Waals surface area contributed by atoms with Crippen LogP contribution in [0.4, 0.5) is 5.69 Å². The van der Waals surface area contributed by atoms with Crippen LogP contribution >= 0.6 is 12.4 Å². The van der Waals surface area contributed by atoms with Crippen molar-refractivity contribution in [3.8, 4) is 0 Å². The van der Waals surface area contributed by atoms with Crippen molar-refractivity contribution in [3.63, 3.8) is 0 Å². The van der Waals surface area contributed by atoms with Crippen LogP contribution in [0.3, 0.4) is 0 Å². The fraction of sp³-hybridized carbons (Fsp3) is 0.619. The van der Waals surface area contributed by atoms with Crippen LogP contribution in [-0.2, 0) is 11.2 Å². The fourth-order valence-corrected chi connectivity index (χ4v) is 3.21. The van der Waals surface area contributed by atoms with Crippen LogP contribution in [0.5, 0.6) is 0 Å². The molecule has 0 aromatic heterocycles. The zero-order chi connectivity index (χ0) is 18.1. The highest BCUT2D eigenvalue weighted by molar-refractivity contribution is 6.13. The van der Waals surface area contributed by atoms with Gasteiger partial charge in [-0.2, -0.15) is 0 Å². The van der Waals surface area contributed by atoms with Crippen LogP contribution in [0.1, 0.15) is 76.7 Å². The second-order valence-electron chi connectivity index (χ2n) is 7.37. The van der Waals surface area contributed by atoms with Crippen molar-refractivity contribution in [2.75, 3.05) is 5.32 Å². The average molecular weight is 380 g/mol. The quantitative estimate of drug-likeness (QED) is 0.256. The fourth-order valence-electron chi connectivity index (χ4n) is 3.21. The summed E-state index contributed by atoms with van der Waals surface area (Å²) in [5, 5.41) is 10.5. The first-order chi connectivity index (χ1) is 12.1. The number of unbranched alkanes of at least 4 members (excludes halogenated alkanes) is 7. The first kappa shape index (κ1) is 22.5. The number of hydrogen-bond acceptors (Lipinski definition) is 2. The van der Waals surface area contributed by atoms with Gasteiger partial charge in [-0.3, -0.25) is 10.2 Å². The zero-order valence-electron chi connectivity index (χ0n) is 16.0. The Balaban J connectivity index is 0.00000338. The molecular weight excluding hydrogens is 346 g/mol. The summed E-state index contributed by atoms with van der Waals surface area (Å²) in [5.41, 5.74) is 6.91. The van der Waals surface area contributed by atoms with Crippen LogP contribution in [0.25, 0.3) is 0 Å². The Morgan fingerprint density at radius 1 is 1.04 bits per heavy atom. The molecule has 0 heterocycles. The van der Waals surface area contributed by atoms with E-state index in [2.05, 4.69) is 24.4 Å². The molecule has 0 atom stereocenters. The number of aryl methyl sites for hydroxylation is 1. The molecule has 1 aromatic rings. The maximum atomic E-state index is 12.2. The highest BCUT2D eigenvalue weighted by Gasteiger charge is 2.53. The van der Waals surface area contributed by atoms with E-state index in [0.717, 1.165) is 12.1 Å². The van der Waals surface area contributed by atoms with E-state index < -0.39 is 5.41 Å². The number of rotatable bonds is 12. The Labute approximate surface area is 164 Å². The number of anilines is 1. The molecule has 1 fully saturated rings. The van der Waals surface area contributed by atoms with Gasteiger partial charge < -0.3 is 11.1 Å². The van der Waals surface area contributed by atoms with Gasteiger partial charge in [-0.05, 0) is 43.4 Å². The van der Waals surface area contributed by atoms with Crippen LogP contribution < -0.4 is 11.1 Å². The molecule has 1 saturated carbocycles. The van der Waals surface area contributed by atoms with Crippen molar-refractivity contribution >= 4 is 29.8 Å². The van der Waals surface area contributed by atoms with E-state index >= 15 is 0 Å². The second-order valence-corrected chi connectivity index (χ2v) is 7.37. The predicted molar refractivity (Wildman–Crippen MR) is 112 cm³/mol. The summed E-state index contributed by atoms with van der Waals surface area (Å²) in [7, 11) is 0. The molecule has 0 radical (unpaired) electrons. The molecule has 0 spiro atoms. The lowest BCUT2D eigenvalue weighted by Gasteiger charge is -2.13. The lowest BCUT2D eigenvalue weighted by Crippen LogP contribution is -2.35. The number of nitrogens with one attached hydrogen (secondary N) is 2. The van der Waals surface area contributed by atoms with Gasteiger partial charge >= 0.3 is 0 Å². The van der Waals surface area contributed by atoms with Crippen molar-refractivity contribution in [1.82, 2.24) is 0 Å². The van der Waals surface area contributed by atoms with E-state index in [9.17, 15) is 4.79 Å². The number of carbonyl (C=O) groups excluding carboxylic acids is 1. The molecule has 1 aliphatic carbocycles. The minimum Gasteiger partial charge on any atom is -0.387 e. The van der Waals surface area contributed by atoms with Gasteiger partial charge in [0.25, 0.3) is 0 Å². The Bertz CT molecular complexity index is 567. The van der Waals surface area contributed by atoms with Gasteiger partial charge in [0.05, 0.1) is 0 Å². The highest BCUT2D eigenvalue weighted by Crippen LogP contribution is 2.46. The number of amides is 1. The molecule has 146 valence electrons. The topological polar surface area (TPSA) is 79.0 Å². The number of nitrogens with two attached hydrogens (primary N) is 1. The first-order valence-corrected chi connectivity index (χ1v) is 9.83. The molecule has 4 N–H and O–H groups in total. The lowest BCUT2D eigenvalue weighted by molar-refractivity contribution is -0.119. The zero-order valence-corrected chi connectivity index (χ0v) is 16.8. The molecular formula is C21H34ClN3O. The first-order valence-electron chi connectivity index (χ1n) is 9.83. The van der Waals surface area contributed by atoms with Crippen LogP contribution in [0, 0.1) is 10.8 Å². The third kappa shape index (κ3) is 6.64. The van der Waals surface area contributed by atoms with Gasteiger partial charge in [-0.25, -0.2) is 0 Å². The summed E-state index contributed by atoms with van der Waals surface area (Å²) in [6, 6.07) is 8.08. The van der Waals surface area contributed by atoms with E-state index in [4.69, 9.17) is 11.1 Å². The third-order valence-corrected chi connectivity index (χ3v) is 5.23. The number of amidine groups is 1. The molecule has 0 unspecified atom stereocenters. The van der Waals surface area contributed by atoms with Crippen LogP contribution in [-0.4, -0.2) is 11.7 Å². The molecule has 1 aliphatic rings. The standard InChI is InChI=1S/C21H33N3O.ClH/c1-2-3-4-5-6-7-8-9-10-17-11-13-18(14-12-17)24-20(25)21(15-16-21)19(22)23;/h11-14H,2-10,15-16H2,1H3,(H3,22,23)(H,24,25);1H. The summed E-state index contributed by atoms with van der Waals surface area (Å²) in [6.45, 7) is 2.25. The lowest BCUT2D eigenvalue weighted by atomic mass is 10.0.